The van der Waals surface area contributed by atoms with E-state index in [1.54, 1.807) is 24.3 Å². The summed E-state index contributed by atoms with van der Waals surface area (Å²) in [6.07, 6.45) is -4.42. The highest BCUT2D eigenvalue weighted by atomic mass is 19.4. The number of ether oxygens (including phenoxy) is 2. The molecule has 0 saturated heterocycles. The zero-order valence-electron chi connectivity index (χ0n) is 14.0. The van der Waals surface area contributed by atoms with Gasteiger partial charge in [0.15, 0.2) is 12.2 Å². The number of hydrogen-bond donors (Lipinski definition) is 0. The first-order chi connectivity index (χ1) is 12.1. The standard InChI is InChI=1S/C19H15F3O4/c1-18(2)17(24)16(23)14-7-6-12(9-15(14)26-18)11-4-3-5-13(8-11)25-10-19(20,21)22/h3-9H,10H2,1-2H3. The number of alkyl halides is 3. The van der Waals surface area contributed by atoms with E-state index >= 15 is 0 Å². The second-order valence-electron chi connectivity index (χ2n) is 6.41. The summed E-state index contributed by atoms with van der Waals surface area (Å²) < 4.78 is 47.3. The summed E-state index contributed by atoms with van der Waals surface area (Å²) in [4.78, 5) is 24.1. The van der Waals surface area contributed by atoms with Crippen molar-refractivity contribution in [3.05, 3.63) is 48.0 Å². The van der Waals surface area contributed by atoms with Crippen molar-refractivity contribution in [2.75, 3.05) is 6.61 Å². The van der Waals surface area contributed by atoms with E-state index in [0.717, 1.165) is 0 Å². The summed E-state index contributed by atoms with van der Waals surface area (Å²) in [7, 11) is 0. The zero-order valence-corrected chi connectivity index (χ0v) is 14.0. The van der Waals surface area contributed by atoms with E-state index in [1.165, 1.54) is 32.0 Å². The first-order valence-electron chi connectivity index (χ1n) is 7.79. The Balaban J connectivity index is 1.92. The van der Waals surface area contributed by atoms with Crippen molar-refractivity contribution >= 4 is 11.6 Å². The first-order valence-corrected chi connectivity index (χ1v) is 7.79. The van der Waals surface area contributed by atoms with Gasteiger partial charge in [-0.1, -0.05) is 18.2 Å². The summed E-state index contributed by atoms with van der Waals surface area (Å²) in [5.74, 6) is -0.908. The van der Waals surface area contributed by atoms with E-state index in [2.05, 4.69) is 0 Å². The van der Waals surface area contributed by atoms with Crippen LogP contribution in [0, 0.1) is 0 Å². The maximum atomic E-state index is 12.3. The van der Waals surface area contributed by atoms with Crippen LogP contribution in [-0.4, -0.2) is 30.0 Å². The molecule has 1 heterocycles. The zero-order chi connectivity index (χ0) is 19.1. The van der Waals surface area contributed by atoms with Gasteiger partial charge in [-0.2, -0.15) is 13.2 Å². The molecular weight excluding hydrogens is 349 g/mol. The minimum atomic E-state index is -4.42. The van der Waals surface area contributed by atoms with Gasteiger partial charge in [-0.15, -0.1) is 0 Å². The third kappa shape index (κ3) is 3.56. The normalized spacial score (nSPS) is 16.0. The highest BCUT2D eigenvalue weighted by Crippen LogP contribution is 2.35. The molecule has 7 heteroatoms. The Labute approximate surface area is 147 Å². The number of benzene rings is 2. The number of carbonyl (C=O) groups excluding carboxylic acids is 2. The van der Waals surface area contributed by atoms with Gasteiger partial charge in [0.05, 0.1) is 5.56 Å². The lowest BCUT2D eigenvalue weighted by Crippen LogP contribution is -2.46. The first kappa shape index (κ1) is 18.0. The molecule has 3 rings (SSSR count). The molecule has 0 spiro atoms. The molecule has 0 N–H and O–H groups in total. The maximum absolute atomic E-state index is 12.3. The smallest absolute Gasteiger partial charge is 0.422 e. The Morgan fingerprint density at radius 3 is 2.42 bits per heavy atom. The second-order valence-corrected chi connectivity index (χ2v) is 6.41. The van der Waals surface area contributed by atoms with Crippen molar-refractivity contribution in [2.24, 2.45) is 0 Å². The van der Waals surface area contributed by atoms with Gasteiger partial charge in [-0.25, -0.2) is 0 Å². The van der Waals surface area contributed by atoms with Gasteiger partial charge in [0.1, 0.15) is 11.5 Å². The average molecular weight is 364 g/mol. The van der Waals surface area contributed by atoms with Crippen molar-refractivity contribution in [1.29, 1.82) is 0 Å². The summed E-state index contributed by atoms with van der Waals surface area (Å²) in [5.41, 5.74) is 0.125. The maximum Gasteiger partial charge on any atom is 0.422 e. The van der Waals surface area contributed by atoms with Crippen LogP contribution in [0.4, 0.5) is 13.2 Å². The number of carbonyl (C=O) groups is 2. The van der Waals surface area contributed by atoms with Crippen LogP contribution in [0.1, 0.15) is 24.2 Å². The molecule has 0 fully saturated rings. The van der Waals surface area contributed by atoms with Crippen LogP contribution >= 0.6 is 0 Å². The Bertz CT molecular complexity index is 885. The van der Waals surface area contributed by atoms with Crippen molar-refractivity contribution < 1.29 is 32.2 Å². The second kappa shape index (κ2) is 6.16. The molecule has 26 heavy (non-hydrogen) atoms. The molecule has 4 nitrogen and oxygen atoms in total. The highest BCUT2D eigenvalue weighted by molar-refractivity contribution is 6.47. The van der Waals surface area contributed by atoms with Crippen LogP contribution in [0.3, 0.4) is 0 Å². The van der Waals surface area contributed by atoms with Crippen molar-refractivity contribution in [1.82, 2.24) is 0 Å². The number of fused-ring (bicyclic) bond motifs is 1. The monoisotopic (exact) mass is 364 g/mol. The molecule has 136 valence electrons. The average Bonchev–Trinajstić information content (AvgIpc) is 2.57. The summed E-state index contributed by atoms with van der Waals surface area (Å²) in [6, 6.07) is 10.8. The Hall–Kier alpha value is -2.83. The number of hydrogen-bond acceptors (Lipinski definition) is 4. The van der Waals surface area contributed by atoms with Gasteiger partial charge in [0, 0.05) is 0 Å². The minimum Gasteiger partial charge on any atom is -0.484 e. The van der Waals surface area contributed by atoms with Gasteiger partial charge in [-0.3, -0.25) is 9.59 Å². The molecule has 0 aromatic heterocycles. The van der Waals surface area contributed by atoms with Crippen molar-refractivity contribution in [3.63, 3.8) is 0 Å². The van der Waals surface area contributed by atoms with Crippen molar-refractivity contribution in [2.45, 2.75) is 25.6 Å². The van der Waals surface area contributed by atoms with E-state index in [0.29, 0.717) is 11.1 Å². The fraction of sp³-hybridized carbons (Fsp3) is 0.263. The van der Waals surface area contributed by atoms with Crippen LogP contribution in [0.15, 0.2) is 42.5 Å². The predicted molar refractivity (Wildman–Crippen MR) is 87.5 cm³/mol. The Morgan fingerprint density at radius 2 is 1.73 bits per heavy atom. The van der Waals surface area contributed by atoms with Crippen LogP contribution in [0.5, 0.6) is 11.5 Å². The molecule has 1 aliphatic heterocycles. The van der Waals surface area contributed by atoms with Gasteiger partial charge in [0.2, 0.25) is 11.6 Å². The molecule has 1 aliphatic rings. The molecule has 0 bridgehead atoms. The molecule has 0 amide bonds. The molecule has 0 radical (unpaired) electrons. The third-order valence-corrected chi connectivity index (χ3v) is 3.91. The lowest BCUT2D eigenvalue weighted by atomic mass is 9.90. The third-order valence-electron chi connectivity index (χ3n) is 3.91. The molecule has 0 aliphatic carbocycles. The SMILES string of the molecule is CC1(C)Oc2cc(-c3cccc(OCC(F)(F)F)c3)ccc2C(=O)C1=O. The molecule has 2 aromatic rings. The number of rotatable bonds is 3. The number of halogens is 3. The molecular formula is C19H15F3O4. The Kier molecular flexibility index (Phi) is 4.26. The fourth-order valence-corrected chi connectivity index (χ4v) is 2.62. The summed E-state index contributed by atoms with van der Waals surface area (Å²) >= 11 is 0. The van der Waals surface area contributed by atoms with Gasteiger partial charge in [-0.05, 0) is 49.2 Å². The van der Waals surface area contributed by atoms with Gasteiger partial charge < -0.3 is 9.47 Å². The lowest BCUT2D eigenvalue weighted by molar-refractivity contribution is -0.153. The van der Waals surface area contributed by atoms with Gasteiger partial charge >= 0.3 is 6.18 Å². The topological polar surface area (TPSA) is 52.6 Å². The highest BCUT2D eigenvalue weighted by Gasteiger charge is 2.41. The van der Waals surface area contributed by atoms with Crippen LogP contribution in [0.25, 0.3) is 11.1 Å². The van der Waals surface area contributed by atoms with Crippen LogP contribution in [0.2, 0.25) is 0 Å². The summed E-state index contributed by atoms with van der Waals surface area (Å²) in [5, 5.41) is 0. The van der Waals surface area contributed by atoms with E-state index in [4.69, 9.17) is 9.47 Å². The lowest BCUT2D eigenvalue weighted by Gasteiger charge is -2.30. The molecule has 0 atom stereocenters. The summed E-state index contributed by atoms with van der Waals surface area (Å²) in [6.45, 7) is 1.64. The van der Waals surface area contributed by atoms with E-state index < -0.39 is 30.0 Å². The minimum absolute atomic E-state index is 0.0741. The van der Waals surface area contributed by atoms with E-state index in [-0.39, 0.29) is 17.1 Å². The van der Waals surface area contributed by atoms with Crippen LogP contribution < -0.4 is 9.47 Å². The number of ketones is 2. The van der Waals surface area contributed by atoms with Crippen LogP contribution in [-0.2, 0) is 4.79 Å². The number of Topliss-reactive ketones (excluding diaryl/α,β-unsaturated/α-hetero) is 2. The molecule has 2 aromatic carbocycles. The fourth-order valence-electron chi connectivity index (χ4n) is 2.62. The van der Waals surface area contributed by atoms with Crippen molar-refractivity contribution in [3.8, 4) is 22.6 Å². The van der Waals surface area contributed by atoms with E-state index in [1.807, 2.05) is 0 Å². The Morgan fingerprint density at radius 1 is 1.04 bits per heavy atom. The predicted octanol–water partition coefficient (Wildman–Crippen LogP) is 4.22. The van der Waals surface area contributed by atoms with E-state index in [9.17, 15) is 22.8 Å². The molecule has 0 unspecified atom stereocenters. The quantitative estimate of drug-likeness (QED) is 0.766. The molecule has 0 saturated carbocycles. The van der Waals surface area contributed by atoms with Gasteiger partial charge in [0.25, 0.3) is 0 Å². The largest absolute Gasteiger partial charge is 0.484 e.